The molecule has 0 aliphatic carbocycles. The Morgan fingerprint density at radius 2 is 1.90 bits per heavy atom. The highest BCUT2D eigenvalue weighted by Gasteiger charge is 2.22. The Balaban J connectivity index is 2.03. The Labute approximate surface area is 128 Å². The third kappa shape index (κ3) is 2.47. The van der Waals surface area contributed by atoms with E-state index in [0.717, 1.165) is 22.9 Å². The van der Waals surface area contributed by atoms with Gasteiger partial charge in [0.2, 0.25) is 0 Å². The highest BCUT2D eigenvalue weighted by molar-refractivity contribution is 6.35. The Hall–Kier alpha value is -2.06. The maximum absolute atomic E-state index is 12.7. The van der Waals surface area contributed by atoms with Crippen LogP contribution in [-0.4, -0.2) is 10.8 Å². The monoisotopic (exact) mass is 297 g/mol. The number of alkyl halides is 1. The van der Waals surface area contributed by atoms with Crippen molar-refractivity contribution in [2.75, 3.05) is 0 Å². The highest BCUT2D eigenvalue weighted by Crippen LogP contribution is 2.29. The first-order chi connectivity index (χ1) is 10.2. The zero-order chi connectivity index (χ0) is 14.8. The predicted molar refractivity (Wildman–Crippen MR) is 87.0 cm³/mol. The van der Waals surface area contributed by atoms with Gasteiger partial charge >= 0.3 is 0 Å². The van der Waals surface area contributed by atoms with Crippen LogP contribution < -0.4 is 0 Å². The largest absolute Gasteiger partial charge is 0.360 e. The van der Waals surface area contributed by atoms with E-state index in [2.05, 4.69) is 18.0 Å². The molecule has 0 saturated heterocycles. The first-order valence-electron chi connectivity index (χ1n) is 7.04. The smallest absolute Gasteiger partial charge is 0.187 e. The van der Waals surface area contributed by atoms with E-state index in [1.54, 1.807) is 6.20 Å². The molecule has 0 bridgehead atoms. The maximum atomic E-state index is 12.7. The van der Waals surface area contributed by atoms with Gasteiger partial charge in [-0.1, -0.05) is 55.5 Å². The van der Waals surface area contributed by atoms with Crippen LogP contribution in [-0.2, 0) is 6.42 Å². The van der Waals surface area contributed by atoms with Gasteiger partial charge in [0, 0.05) is 22.7 Å². The first kappa shape index (κ1) is 13.9. The number of carbonyl (C=O) groups excluding carboxylic acids is 1. The van der Waals surface area contributed by atoms with E-state index in [-0.39, 0.29) is 5.78 Å². The predicted octanol–water partition coefficient (Wildman–Crippen LogP) is 4.89. The highest BCUT2D eigenvalue weighted by atomic mass is 35.5. The number of benzene rings is 2. The number of aryl methyl sites for hydroxylation is 1. The molecule has 0 aliphatic heterocycles. The molecule has 3 aromatic rings. The molecule has 0 unspecified atom stereocenters. The van der Waals surface area contributed by atoms with Crippen molar-refractivity contribution in [3.8, 4) is 0 Å². The normalized spacial score (nSPS) is 12.5. The van der Waals surface area contributed by atoms with Gasteiger partial charge in [0.25, 0.3) is 0 Å². The lowest BCUT2D eigenvalue weighted by molar-refractivity contribution is 0.0988. The summed E-state index contributed by atoms with van der Waals surface area (Å²) in [7, 11) is 0. The fourth-order valence-corrected chi connectivity index (χ4v) is 2.89. The van der Waals surface area contributed by atoms with E-state index in [0.29, 0.717) is 5.56 Å². The van der Waals surface area contributed by atoms with Crippen molar-refractivity contribution in [3.63, 3.8) is 0 Å². The number of ketones is 1. The summed E-state index contributed by atoms with van der Waals surface area (Å²) in [6, 6.07) is 15.5. The van der Waals surface area contributed by atoms with E-state index in [1.165, 1.54) is 5.56 Å². The fraction of sp³-hybridized carbons (Fsp3) is 0.167. The van der Waals surface area contributed by atoms with Crippen molar-refractivity contribution in [2.24, 2.45) is 0 Å². The number of para-hydroxylation sites is 1. The third-order valence-corrected chi connectivity index (χ3v) is 4.22. The molecule has 0 saturated carbocycles. The standard InChI is InChI=1S/C18H16ClNO/c1-2-12-9-6-10-14-15(11-20-17(12)14)18(21)16(19)13-7-4-3-5-8-13/h3-11,16,20H,2H2,1H3/t16-/m0/s1. The number of hydrogen-bond donors (Lipinski definition) is 1. The number of Topliss-reactive ketones (excluding diaryl/α,β-unsaturated/α-hetero) is 1. The molecule has 106 valence electrons. The molecule has 1 aromatic heterocycles. The van der Waals surface area contributed by atoms with Crippen LogP contribution in [0.2, 0.25) is 0 Å². The van der Waals surface area contributed by atoms with Crippen molar-refractivity contribution in [1.29, 1.82) is 0 Å². The number of carbonyl (C=O) groups is 1. The minimum Gasteiger partial charge on any atom is -0.360 e. The van der Waals surface area contributed by atoms with E-state index >= 15 is 0 Å². The molecular weight excluding hydrogens is 282 g/mol. The number of hydrogen-bond acceptors (Lipinski definition) is 1. The summed E-state index contributed by atoms with van der Waals surface area (Å²) in [5.41, 5.74) is 3.71. The summed E-state index contributed by atoms with van der Waals surface area (Å²) < 4.78 is 0. The average molecular weight is 298 g/mol. The Morgan fingerprint density at radius 1 is 1.14 bits per heavy atom. The van der Waals surface area contributed by atoms with E-state index in [1.807, 2.05) is 42.5 Å². The van der Waals surface area contributed by atoms with Gasteiger partial charge in [0.1, 0.15) is 5.38 Å². The number of aromatic amines is 1. The van der Waals surface area contributed by atoms with Crippen LogP contribution in [0.3, 0.4) is 0 Å². The molecule has 0 spiro atoms. The zero-order valence-corrected chi connectivity index (χ0v) is 12.5. The van der Waals surface area contributed by atoms with Crippen LogP contribution in [0.1, 0.15) is 33.8 Å². The van der Waals surface area contributed by atoms with Gasteiger partial charge in [0.15, 0.2) is 5.78 Å². The molecule has 2 nitrogen and oxygen atoms in total. The molecule has 0 amide bonds. The molecule has 3 heteroatoms. The van der Waals surface area contributed by atoms with Crippen molar-refractivity contribution in [3.05, 3.63) is 71.4 Å². The lowest BCUT2D eigenvalue weighted by Crippen LogP contribution is -2.06. The molecule has 0 radical (unpaired) electrons. The maximum Gasteiger partial charge on any atom is 0.187 e. The lowest BCUT2D eigenvalue weighted by atomic mass is 10.0. The minimum atomic E-state index is -0.657. The molecule has 3 rings (SSSR count). The Kier molecular flexibility index (Phi) is 3.80. The summed E-state index contributed by atoms with van der Waals surface area (Å²) >= 11 is 6.36. The van der Waals surface area contributed by atoms with Crippen LogP contribution in [0, 0.1) is 0 Å². The van der Waals surface area contributed by atoms with Crippen molar-refractivity contribution in [2.45, 2.75) is 18.7 Å². The second kappa shape index (κ2) is 5.74. The first-order valence-corrected chi connectivity index (χ1v) is 7.48. The number of halogens is 1. The second-order valence-corrected chi connectivity index (χ2v) is 5.47. The summed E-state index contributed by atoms with van der Waals surface area (Å²) in [5.74, 6) is -0.0673. The summed E-state index contributed by atoms with van der Waals surface area (Å²) in [6.07, 6.45) is 2.69. The molecule has 1 heterocycles. The number of rotatable bonds is 4. The van der Waals surface area contributed by atoms with Gasteiger partial charge < -0.3 is 4.98 Å². The summed E-state index contributed by atoms with van der Waals surface area (Å²) in [5, 5.41) is 0.288. The molecule has 2 aromatic carbocycles. The van der Waals surface area contributed by atoms with Crippen LogP contribution >= 0.6 is 11.6 Å². The minimum absolute atomic E-state index is 0.0673. The number of H-pyrrole nitrogens is 1. The molecular formula is C18H16ClNO. The molecule has 1 atom stereocenters. The van der Waals surface area contributed by atoms with Crippen molar-refractivity contribution in [1.82, 2.24) is 4.98 Å². The van der Waals surface area contributed by atoms with Gasteiger partial charge in [0.05, 0.1) is 0 Å². The van der Waals surface area contributed by atoms with Gasteiger partial charge in [-0.15, -0.1) is 11.6 Å². The van der Waals surface area contributed by atoms with E-state index < -0.39 is 5.38 Å². The fourth-order valence-electron chi connectivity index (χ4n) is 2.63. The quantitative estimate of drug-likeness (QED) is 0.539. The SMILES string of the molecule is CCc1cccc2c(C(=O)[C@@H](Cl)c3ccccc3)c[nH]c12. The Morgan fingerprint density at radius 3 is 2.62 bits per heavy atom. The van der Waals surface area contributed by atoms with Crippen molar-refractivity contribution >= 4 is 28.3 Å². The van der Waals surface area contributed by atoms with Gasteiger partial charge in [-0.25, -0.2) is 0 Å². The van der Waals surface area contributed by atoms with Crippen LogP contribution in [0.5, 0.6) is 0 Å². The molecule has 21 heavy (non-hydrogen) atoms. The molecule has 0 aliphatic rings. The third-order valence-electron chi connectivity index (χ3n) is 3.77. The van der Waals surface area contributed by atoms with Crippen molar-refractivity contribution < 1.29 is 4.79 Å². The van der Waals surface area contributed by atoms with Crippen LogP contribution in [0.25, 0.3) is 10.9 Å². The Bertz CT molecular complexity index is 776. The van der Waals surface area contributed by atoms with Crippen LogP contribution in [0.4, 0.5) is 0 Å². The number of nitrogens with one attached hydrogen (secondary N) is 1. The lowest BCUT2D eigenvalue weighted by Gasteiger charge is -2.08. The zero-order valence-electron chi connectivity index (χ0n) is 11.8. The van der Waals surface area contributed by atoms with E-state index in [9.17, 15) is 4.79 Å². The van der Waals surface area contributed by atoms with Gasteiger partial charge in [-0.3, -0.25) is 4.79 Å². The van der Waals surface area contributed by atoms with Gasteiger partial charge in [-0.05, 0) is 17.5 Å². The summed E-state index contributed by atoms with van der Waals surface area (Å²) in [6.45, 7) is 2.10. The molecule has 0 fully saturated rings. The number of aromatic nitrogens is 1. The van der Waals surface area contributed by atoms with E-state index in [4.69, 9.17) is 11.6 Å². The average Bonchev–Trinajstić information content (AvgIpc) is 2.98. The second-order valence-electron chi connectivity index (χ2n) is 5.03. The topological polar surface area (TPSA) is 32.9 Å². The summed E-state index contributed by atoms with van der Waals surface area (Å²) in [4.78, 5) is 15.9. The number of fused-ring (bicyclic) bond motifs is 1. The van der Waals surface area contributed by atoms with Gasteiger partial charge in [-0.2, -0.15) is 0 Å². The molecule has 1 N–H and O–H groups in total. The van der Waals surface area contributed by atoms with Crippen LogP contribution in [0.15, 0.2) is 54.7 Å².